The van der Waals surface area contributed by atoms with Crippen LogP contribution in [0.25, 0.3) is 0 Å². The van der Waals surface area contributed by atoms with Crippen molar-refractivity contribution in [2.24, 2.45) is 62.6 Å². The zero-order chi connectivity index (χ0) is 25.3. The Bertz CT molecular complexity index is 764. The molecule has 0 N–H and O–H groups in total. The van der Waals surface area contributed by atoms with E-state index in [1.54, 1.807) is 19.3 Å². The number of fused-ring (bicyclic) bond motifs is 7. The summed E-state index contributed by atoms with van der Waals surface area (Å²) in [5.41, 5.74) is 2.89. The Morgan fingerprint density at radius 1 is 0.629 bits per heavy atom. The highest BCUT2D eigenvalue weighted by Crippen LogP contribution is 2.78. The second kappa shape index (κ2) is 9.04. The molecule has 10 atom stereocenters. The van der Waals surface area contributed by atoms with Crippen LogP contribution in [0, 0.1) is 62.6 Å². The molecule has 1 unspecified atom stereocenters. The normalized spacial score (nSPS) is 51.6. The minimum absolute atomic E-state index is 0.557. The molecule has 0 radical (unpaired) electrons. The molecular formula is C35H62. The minimum atomic E-state index is 0.557. The molecule has 202 valence electrons. The predicted molar refractivity (Wildman–Crippen MR) is 152 cm³/mol. The van der Waals surface area contributed by atoms with Crippen LogP contribution in [-0.4, -0.2) is 0 Å². The molecule has 5 rings (SSSR count). The molecular weight excluding hydrogens is 420 g/mol. The van der Waals surface area contributed by atoms with Gasteiger partial charge in [0.25, 0.3) is 0 Å². The maximum absolute atomic E-state index is 2.84. The van der Waals surface area contributed by atoms with Gasteiger partial charge in [-0.3, -0.25) is 0 Å². The van der Waals surface area contributed by atoms with Crippen LogP contribution < -0.4 is 0 Å². The Hall–Kier alpha value is 0. The van der Waals surface area contributed by atoms with Gasteiger partial charge in [-0.15, -0.1) is 0 Å². The van der Waals surface area contributed by atoms with Crippen molar-refractivity contribution in [3.63, 3.8) is 0 Å². The molecule has 5 saturated carbocycles. The van der Waals surface area contributed by atoms with E-state index in [1.807, 2.05) is 0 Å². The second-order valence-electron chi connectivity index (χ2n) is 16.6. The molecule has 0 nitrogen and oxygen atoms in total. The highest BCUT2D eigenvalue weighted by Gasteiger charge is 2.70. The SMILES string of the molecule is CCCCCCC(C)[C@H]1CC[C@]2(C)[C@H]3CC[C@@H]4[C@@]5(C)CCCC(C)(C)[C@@H]5CC[C@@]4(C)[C@]3(C)CC[C@@H]12. The van der Waals surface area contributed by atoms with Gasteiger partial charge in [-0.2, -0.15) is 0 Å². The molecule has 0 heteroatoms. The Morgan fingerprint density at radius 2 is 1.29 bits per heavy atom. The Kier molecular flexibility index (Phi) is 6.87. The Morgan fingerprint density at radius 3 is 1.97 bits per heavy atom. The van der Waals surface area contributed by atoms with Gasteiger partial charge >= 0.3 is 0 Å². The van der Waals surface area contributed by atoms with E-state index < -0.39 is 0 Å². The van der Waals surface area contributed by atoms with Gasteiger partial charge in [0.2, 0.25) is 0 Å². The fraction of sp³-hybridized carbons (Fsp3) is 1.00. The van der Waals surface area contributed by atoms with Gasteiger partial charge < -0.3 is 0 Å². The van der Waals surface area contributed by atoms with Crippen LogP contribution in [0.5, 0.6) is 0 Å². The lowest BCUT2D eigenvalue weighted by Crippen LogP contribution is -2.65. The molecule has 0 aromatic heterocycles. The van der Waals surface area contributed by atoms with Crippen molar-refractivity contribution in [2.45, 2.75) is 158 Å². The largest absolute Gasteiger partial charge is 0.0654 e. The molecule has 0 saturated heterocycles. The van der Waals surface area contributed by atoms with E-state index >= 15 is 0 Å². The molecule has 0 amide bonds. The summed E-state index contributed by atoms with van der Waals surface area (Å²) in [6.45, 7) is 21.5. The van der Waals surface area contributed by atoms with Crippen LogP contribution in [-0.2, 0) is 0 Å². The summed E-state index contributed by atoms with van der Waals surface area (Å²) in [6.07, 6.45) is 24.0. The fourth-order valence-electron chi connectivity index (χ4n) is 13.1. The number of hydrogen-bond acceptors (Lipinski definition) is 0. The van der Waals surface area contributed by atoms with Crippen molar-refractivity contribution in [2.75, 3.05) is 0 Å². The van der Waals surface area contributed by atoms with Crippen LogP contribution in [0.4, 0.5) is 0 Å². The van der Waals surface area contributed by atoms with Crippen molar-refractivity contribution in [3.8, 4) is 0 Å². The molecule has 0 heterocycles. The van der Waals surface area contributed by atoms with E-state index in [0.717, 1.165) is 35.5 Å². The highest BCUT2D eigenvalue weighted by atomic mass is 14.7. The first kappa shape index (κ1) is 26.6. The molecule has 0 bridgehead atoms. The van der Waals surface area contributed by atoms with Crippen molar-refractivity contribution >= 4 is 0 Å². The van der Waals surface area contributed by atoms with Gasteiger partial charge in [-0.1, -0.05) is 93.9 Å². The summed E-state index contributed by atoms with van der Waals surface area (Å²) in [6, 6.07) is 0. The van der Waals surface area contributed by atoms with Crippen molar-refractivity contribution in [1.29, 1.82) is 0 Å². The first-order valence-corrected chi connectivity index (χ1v) is 16.4. The van der Waals surface area contributed by atoms with Gasteiger partial charge in [-0.05, 0) is 127 Å². The zero-order valence-electron chi connectivity index (χ0n) is 25.3. The summed E-state index contributed by atoms with van der Waals surface area (Å²) in [4.78, 5) is 0. The van der Waals surface area contributed by atoms with Gasteiger partial charge in [0.1, 0.15) is 0 Å². The Labute approximate surface area is 220 Å². The molecule has 0 spiro atoms. The van der Waals surface area contributed by atoms with E-state index in [1.165, 1.54) is 83.5 Å². The van der Waals surface area contributed by atoms with Gasteiger partial charge in [0.05, 0.1) is 0 Å². The predicted octanol–water partition coefficient (Wildman–Crippen LogP) is 11.1. The quantitative estimate of drug-likeness (QED) is 0.330. The number of unbranched alkanes of at least 4 members (excludes halogenated alkanes) is 3. The average Bonchev–Trinajstić information content (AvgIpc) is 3.13. The number of rotatable bonds is 6. The van der Waals surface area contributed by atoms with Crippen LogP contribution in [0.15, 0.2) is 0 Å². The lowest BCUT2D eigenvalue weighted by Gasteiger charge is -2.73. The van der Waals surface area contributed by atoms with Crippen molar-refractivity contribution in [1.82, 2.24) is 0 Å². The molecule has 35 heavy (non-hydrogen) atoms. The smallest absolute Gasteiger partial charge is 0.0235 e. The third-order valence-corrected chi connectivity index (χ3v) is 15.0. The van der Waals surface area contributed by atoms with E-state index in [-0.39, 0.29) is 0 Å². The molecule has 5 fully saturated rings. The maximum atomic E-state index is 2.84. The van der Waals surface area contributed by atoms with Crippen LogP contribution in [0.3, 0.4) is 0 Å². The summed E-state index contributed by atoms with van der Waals surface area (Å²) in [5.74, 6) is 5.88. The minimum Gasteiger partial charge on any atom is -0.0654 e. The third kappa shape index (κ3) is 3.78. The standard InChI is InChI=1S/C35H62/c1-9-10-11-12-14-25(2)26-17-22-32(5)27(26)18-23-34(7)29(32)15-16-30-33(6)21-13-20-31(3,4)28(33)19-24-35(30,34)8/h25-30H,9-24H2,1-8H3/t25?,26-,27+,28+,29-,30-,32+,33+,34-,35-/m1/s1. The summed E-state index contributed by atoms with van der Waals surface area (Å²) in [5, 5.41) is 0. The van der Waals surface area contributed by atoms with Gasteiger partial charge in [0, 0.05) is 0 Å². The van der Waals surface area contributed by atoms with E-state index in [4.69, 9.17) is 0 Å². The molecule has 5 aliphatic carbocycles. The molecule has 0 aromatic rings. The highest BCUT2D eigenvalue weighted by molar-refractivity contribution is 5.19. The van der Waals surface area contributed by atoms with Crippen molar-refractivity contribution in [3.05, 3.63) is 0 Å². The summed E-state index contributed by atoms with van der Waals surface area (Å²) < 4.78 is 0. The van der Waals surface area contributed by atoms with Crippen LogP contribution >= 0.6 is 0 Å². The molecule has 0 aromatic carbocycles. The fourth-order valence-corrected chi connectivity index (χ4v) is 13.1. The average molecular weight is 483 g/mol. The van der Waals surface area contributed by atoms with Crippen LogP contribution in [0.2, 0.25) is 0 Å². The van der Waals surface area contributed by atoms with E-state index in [2.05, 4.69) is 55.4 Å². The first-order chi connectivity index (χ1) is 16.4. The maximum Gasteiger partial charge on any atom is -0.0235 e. The lowest BCUT2D eigenvalue weighted by molar-refractivity contribution is -0.241. The second-order valence-corrected chi connectivity index (χ2v) is 16.6. The first-order valence-electron chi connectivity index (χ1n) is 16.4. The lowest BCUT2D eigenvalue weighted by atomic mass is 9.32. The molecule has 0 aliphatic heterocycles. The van der Waals surface area contributed by atoms with Gasteiger partial charge in [0.15, 0.2) is 0 Å². The zero-order valence-corrected chi connectivity index (χ0v) is 25.3. The molecule has 5 aliphatic rings. The topological polar surface area (TPSA) is 0 Å². The summed E-state index contributed by atoms with van der Waals surface area (Å²) >= 11 is 0. The van der Waals surface area contributed by atoms with E-state index in [9.17, 15) is 0 Å². The van der Waals surface area contributed by atoms with Crippen molar-refractivity contribution < 1.29 is 0 Å². The third-order valence-electron chi connectivity index (χ3n) is 15.0. The van der Waals surface area contributed by atoms with Gasteiger partial charge in [-0.25, -0.2) is 0 Å². The van der Waals surface area contributed by atoms with E-state index in [0.29, 0.717) is 27.1 Å². The Balaban J connectivity index is 1.38. The van der Waals surface area contributed by atoms with Crippen LogP contribution in [0.1, 0.15) is 158 Å². The number of hydrogen-bond donors (Lipinski definition) is 0. The monoisotopic (exact) mass is 482 g/mol. The summed E-state index contributed by atoms with van der Waals surface area (Å²) in [7, 11) is 0.